The summed E-state index contributed by atoms with van der Waals surface area (Å²) >= 11 is 0. The number of nitrogens with zero attached hydrogens (tertiary/aromatic N) is 1. The molecule has 0 radical (unpaired) electrons. The zero-order valence-corrected chi connectivity index (χ0v) is 12.8. The summed E-state index contributed by atoms with van der Waals surface area (Å²) in [5.74, 6) is -1.35. The first-order chi connectivity index (χ1) is 8.05. The number of hydrogen-bond donors (Lipinski definition) is 2. The first kappa shape index (κ1) is 15.9. The zero-order chi connectivity index (χ0) is 12.3. The van der Waals surface area contributed by atoms with Crippen LogP contribution in [0.5, 0.6) is 0 Å². The molecule has 2 saturated carbocycles. The van der Waals surface area contributed by atoms with Crippen LogP contribution in [0.25, 0.3) is 0 Å². The lowest BCUT2D eigenvalue weighted by Gasteiger charge is -2.25. The summed E-state index contributed by atoms with van der Waals surface area (Å²) in [5, 5.41) is 3.07. The Hall–Kier alpha value is -0.140. The summed E-state index contributed by atoms with van der Waals surface area (Å²) in [6.45, 7) is 1.30. The lowest BCUT2D eigenvalue weighted by Crippen LogP contribution is -2.37. The third-order valence-electron chi connectivity index (χ3n) is 3.82. The summed E-state index contributed by atoms with van der Waals surface area (Å²) in [4.78, 5) is 4.15. The second-order valence-corrected chi connectivity index (χ2v) is 5.37. The maximum Gasteiger partial charge on any atom is 0.248 e. The van der Waals surface area contributed by atoms with Crippen molar-refractivity contribution in [3.63, 3.8) is 0 Å². The number of halogens is 3. The summed E-state index contributed by atoms with van der Waals surface area (Å²) in [6.07, 6.45) is 4.35. The summed E-state index contributed by atoms with van der Waals surface area (Å²) in [6, 6.07) is 0. The van der Waals surface area contributed by atoms with E-state index in [9.17, 15) is 8.78 Å². The number of nitrogens with two attached hydrogens (primary N) is 1. The fourth-order valence-electron chi connectivity index (χ4n) is 2.43. The van der Waals surface area contributed by atoms with Crippen LogP contribution >= 0.6 is 24.0 Å². The molecule has 0 aromatic carbocycles. The fourth-order valence-corrected chi connectivity index (χ4v) is 2.43. The first-order valence-electron chi connectivity index (χ1n) is 6.47. The van der Waals surface area contributed by atoms with Gasteiger partial charge in [0, 0.05) is 25.9 Å². The SMILES string of the molecule is I.NC(=NCC1CCC(F)(F)C1)NCC1CCC1. The van der Waals surface area contributed by atoms with Crippen LogP contribution < -0.4 is 11.1 Å². The van der Waals surface area contributed by atoms with Crippen LogP contribution in [0.4, 0.5) is 8.78 Å². The largest absolute Gasteiger partial charge is 0.370 e. The van der Waals surface area contributed by atoms with Gasteiger partial charge in [0.25, 0.3) is 0 Å². The highest BCUT2D eigenvalue weighted by Crippen LogP contribution is 2.38. The van der Waals surface area contributed by atoms with Crippen molar-refractivity contribution in [2.75, 3.05) is 13.1 Å². The van der Waals surface area contributed by atoms with Crippen LogP contribution in [-0.4, -0.2) is 25.0 Å². The van der Waals surface area contributed by atoms with Crippen LogP contribution in [-0.2, 0) is 0 Å². The van der Waals surface area contributed by atoms with Gasteiger partial charge < -0.3 is 11.1 Å². The van der Waals surface area contributed by atoms with Crippen molar-refractivity contribution in [2.45, 2.75) is 44.4 Å². The highest BCUT2D eigenvalue weighted by molar-refractivity contribution is 14.0. The Morgan fingerprint density at radius 3 is 2.50 bits per heavy atom. The Morgan fingerprint density at radius 2 is 2.00 bits per heavy atom. The molecule has 2 aliphatic carbocycles. The Morgan fingerprint density at radius 1 is 1.28 bits per heavy atom. The standard InChI is InChI=1S/C12H21F2N3.HI/c13-12(14)5-4-10(6-12)8-17-11(15)16-7-9-2-1-3-9;/h9-10H,1-8H2,(H3,15,16,17);1H. The predicted octanol–water partition coefficient (Wildman–Crippen LogP) is 2.74. The minimum absolute atomic E-state index is 0. The van der Waals surface area contributed by atoms with Crippen LogP contribution in [0.3, 0.4) is 0 Å². The number of alkyl halides is 2. The van der Waals surface area contributed by atoms with E-state index in [0.29, 0.717) is 18.9 Å². The molecule has 2 fully saturated rings. The molecule has 0 saturated heterocycles. The number of hydrogen-bond acceptors (Lipinski definition) is 1. The van der Waals surface area contributed by atoms with Gasteiger partial charge in [-0.05, 0) is 31.1 Å². The van der Waals surface area contributed by atoms with E-state index >= 15 is 0 Å². The smallest absolute Gasteiger partial charge is 0.248 e. The van der Waals surface area contributed by atoms with Crippen molar-refractivity contribution < 1.29 is 8.78 Å². The van der Waals surface area contributed by atoms with Crippen LogP contribution in [0.2, 0.25) is 0 Å². The maximum absolute atomic E-state index is 12.9. The van der Waals surface area contributed by atoms with E-state index in [0.717, 1.165) is 12.5 Å². The van der Waals surface area contributed by atoms with E-state index in [1.807, 2.05) is 0 Å². The molecular weight excluding hydrogens is 351 g/mol. The zero-order valence-electron chi connectivity index (χ0n) is 10.5. The molecule has 6 heteroatoms. The van der Waals surface area contributed by atoms with Gasteiger partial charge in [-0.2, -0.15) is 0 Å². The molecular formula is C12H22F2IN3. The molecule has 2 aliphatic rings. The Bertz CT molecular complexity index is 293. The van der Waals surface area contributed by atoms with Gasteiger partial charge in [0.1, 0.15) is 0 Å². The molecule has 0 spiro atoms. The quantitative estimate of drug-likeness (QED) is 0.452. The molecule has 0 aliphatic heterocycles. The lowest BCUT2D eigenvalue weighted by molar-refractivity contribution is 0.00542. The van der Waals surface area contributed by atoms with Crippen molar-refractivity contribution >= 4 is 29.9 Å². The van der Waals surface area contributed by atoms with Gasteiger partial charge in [0.05, 0.1) is 0 Å². The molecule has 3 N–H and O–H groups in total. The second kappa shape index (κ2) is 6.86. The second-order valence-electron chi connectivity index (χ2n) is 5.37. The Balaban J connectivity index is 0.00000162. The van der Waals surface area contributed by atoms with E-state index in [2.05, 4.69) is 10.3 Å². The molecule has 0 amide bonds. The van der Waals surface area contributed by atoms with Crippen molar-refractivity contribution in [3.8, 4) is 0 Å². The topological polar surface area (TPSA) is 50.4 Å². The van der Waals surface area contributed by atoms with Gasteiger partial charge in [0.15, 0.2) is 5.96 Å². The van der Waals surface area contributed by atoms with Gasteiger partial charge in [-0.25, -0.2) is 8.78 Å². The summed E-state index contributed by atoms with van der Waals surface area (Å²) < 4.78 is 25.9. The third kappa shape index (κ3) is 4.85. The number of rotatable bonds is 4. The maximum atomic E-state index is 12.9. The van der Waals surface area contributed by atoms with Crippen molar-refractivity contribution in [3.05, 3.63) is 0 Å². The minimum Gasteiger partial charge on any atom is -0.370 e. The number of aliphatic imine (C=N–C) groups is 1. The molecule has 3 nitrogen and oxygen atoms in total. The van der Waals surface area contributed by atoms with Crippen LogP contribution in [0.1, 0.15) is 38.5 Å². The fraction of sp³-hybridized carbons (Fsp3) is 0.917. The highest BCUT2D eigenvalue weighted by Gasteiger charge is 2.39. The predicted molar refractivity (Wildman–Crippen MR) is 79.5 cm³/mol. The third-order valence-corrected chi connectivity index (χ3v) is 3.82. The summed E-state index contributed by atoms with van der Waals surface area (Å²) in [5.41, 5.74) is 5.70. The van der Waals surface area contributed by atoms with E-state index in [1.165, 1.54) is 19.3 Å². The molecule has 1 unspecified atom stereocenters. The van der Waals surface area contributed by atoms with Gasteiger partial charge in [-0.3, -0.25) is 4.99 Å². The van der Waals surface area contributed by atoms with E-state index < -0.39 is 5.92 Å². The Labute approximate surface area is 124 Å². The average molecular weight is 373 g/mol. The highest BCUT2D eigenvalue weighted by atomic mass is 127. The molecule has 0 heterocycles. The Kier molecular flexibility index (Phi) is 6.07. The van der Waals surface area contributed by atoms with Gasteiger partial charge in [0.2, 0.25) is 5.92 Å². The van der Waals surface area contributed by atoms with E-state index in [4.69, 9.17) is 5.73 Å². The lowest BCUT2D eigenvalue weighted by atomic mass is 9.85. The molecule has 2 rings (SSSR count). The average Bonchev–Trinajstić information content (AvgIpc) is 2.53. The molecule has 0 aromatic heterocycles. The van der Waals surface area contributed by atoms with Crippen LogP contribution in [0, 0.1) is 11.8 Å². The van der Waals surface area contributed by atoms with Crippen LogP contribution in [0.15, 0.2) is 4.99 Å². The molecule has 1 atom stereocenters. The van der Waals surface area contributed by atoms with Crippen molar-refractivity contribution in [2.24, 2.45) is 22.6 Å². The first-order valence-corrected chi connectivity index (χ1v) is 6.47. The number of nitrogens with one attached hydrogen (secondary N) is 1. The molecule has 0 bridgehead atoms. The molecule has 0 aromatic rings. The van der Waals surface area contributed by atoms with Gasteiger partial charge in [-0.15, -0.1) is 24.0 Å². The summed E-state index contributed by atoms with van der Waals surface area (Å²) in [7, 11) is 0. The number of guanidine groups is 1. The van der Waals surface area contributed by atoms with Gasteiger partial charge in [-0.1, -0.05) is 6.42 Å². The van der Waals surface area contributed by atoms with Crippen molar-refractivity contribution in [1.29, 1.82) is 0 Å². The van der Waals surface area contributed by atoms with Crippen molar-refractivity contribution in [1.82, 2.24) is 5.32 Å². The molecule has 106 valence electrons. The van der Waals surface area contributed by atoms with E-state index in [1.54, 1.807) is 0 Å². The normalized spacial score (nSPS) is 27.4. The van der Waals surface area contributed by atoms with Gasteiger partial charge >= 0.3 is 0 Å². The minimum atomic E-state index is -2.48. The van der Waals surface area contributed by atoms with E-state index in [-0.39, 0.29) is 42.7 Å². The monoisotopic (exact) mass is 373 g/mol. The molecule has 18 heavy (non-hydrogen) atoms.